The molecule has 6 rings (SSSR count). The number of aromatic nitrogens is 1. The Hall–Kier alpha value is -1.65. The van der Waals surface area contributed by atoms with Crippen LogP contribution in [0.5, 0.6) is 0 Å². The summed E-state index contributed by atoms with van der Waals surface area (Å²) >= 11 is 0. The number of hydrogen-bond donors (Lipinski definition) is 0. The minimum Gasteiger partial charge on any atom is -0.378 e. The van der Waals surface area contributed by atoms with Crippen LogP contribution < -0.4 is 0 Å². The largest absolute Gasteiger partial charge is 0.378 e. The third-order valence-electron chi connectivity index (χ3n) is 8.73. The first kappa shape index (κ1) is 20.0. The molecule has 2 aliphatic carbocycles. The van der Waals surface area contributed by atoms with Gasteiger partial charge in [-0.1, -0.05) is 37.5 Å². The summed E-state index contributed by atoms with van der Waals surface area (Å²) < 4.78 is 8.59. The van der Waals surface area contributed by atoms with Gasteiger partial charge in [-0.3, -0.25) is 9.69 Å². The fourth-order valence-electron chi connectivity index (χ4n) is 7.67. The van der Waals surface area contributed by atoms with E-state index in [1.165, 1.54) is 67.8 Å². The number of para-hydroxylation sites is 1. The Balaban J connectivity index is 1.28. The van der Waals surface area contributed by atoms with Crippen molar-refractivity contribution in [3.05, 3.63) is 36.0 Å². The van der Waals surface area contributed by atoms with E-state index < -0.39 is 0 Å². The molecule has 4 heteroatoms. The topological polar surface area (TPSA) is 34.5 Å². The molecule has 0 N–H and O–H groups in total. The zero-order chi connectivity index (χ0) is 20.9. The van der Waals surface area contributed by atoms with E-state index in [2.05, 4.69) is 39.9 Å². The molecule has 2 saturated carbocycles. The van der Waals surface area contributed by atoms with Crippen molar-refractivity contribution in [3.63, 3.8) is 0 Å². The van der Waals surface area contributed by atoms with Gasteiger partial charge in [-0.05, 0) is 62.5 Å². The maximum Gasteiger partial charge on any atom is 0.134 e. The van der Waals surface area contributed by atoms with Crippen molar-refractivity contribution < 1.29 is 9.53 Å². The number of benzene rings is 1. The molecule has 1 aromatic carbocycles. The quantitative estimate of drug-likeness (QED) is 0.686. The average molecular weight is 421 g/mol. The summed E-state index contributed by atoms with van der Waals surface area (Å²) in [6.07, 6.45) is 13.9. The van der Waals surface area contributed by atoms with Crippen LogP contribution >= 0.6 is 0 Å². The molecule has 0 radical (unpaired) electrons. The van der Waals surface area contributed by atoms with E-state index in [9.17, 15) is 4.79 Å². The maximum atomic E-state index is 11.9. The van der Waals surface area contributed by atoms with Gasteiger partial charge in [0, 0.05) is 47.7 Å². The SMILES string of the molecule is CC(=O)Cc1cn([C@H]2C[C@H]3COC[C@@H](C2)N3[C@H]2C[C@@H]3CCC[C@@H](C3)C2)c2ccccc12. The first-order valence-electron chi connectivity index (χ1n) is 12.6. The molecule has 2 aromatic rings. The number of ether oxygens (including phenoxy) is 1. The second-order valence-corrected chi connectivity index (χ2v) is 10.9. The molecule has 166 valence electrons. The van der Waals surface area contributed by atoms with E-state index in [0.29, 0.717) is 24.5 Å². The highest BCUT2D eigenvalue weighted by Crippen LogP contribution is 2.46. The number of piperidine rings is 1. The molecule has 3 heterocycles. The van der Waals surface area contributed by atoms with Crippen molar-refractivity contribution in [3.8, 4) is 0 Å². The van der Waals surface area contributed by atoms with Crippen molar-refractivity contribution in [1.29, 1.82) is 0 Å². The summed E-state index contributed by atoms with van der Waals surface area (Å²) in [5.74, 6) is 2.18. The molecule has 0 spiro atoms. The van der Waals surface area contributed by atoms with Gasteiger partial charge >= 0.3 is 0 Å². The zero-order valence-electron chi connectivity index (χ0n) is 18.8. The number of carbonyl (C=O) groups excluding carboxylic acids is 1. The van der Waals surface area contributed by atoms with Crippen LogP contribution in [0.2, 0.25) is 0 Å². The number of hydrogen-bond acceptors (Lipinski definition) is 3. The van der Waals surface area contributed by atoms with Crippen LogP contribution in [0.25, 0.3) is 10.9 Å². The highest BCUT2D eigenvalue weighted by molar-refractivity contribution is 5.89. The molecule has 0 amide bonds. The van der Waals surface area contributed by atoms with Gasteiger partial charge < -0.3 is 9.30 Å². The van der Waals surface area contributed by atoms with Gasteiger partial charge in [0.15, 0.2) is 0 Å². The highest BCUT2D eigenvalue weighted by Gasteiger charge is 2.45. The lowest BCUT2D eigenvalue weighted by Gasteiger charge is -2.55. The third kappa shape index (κ3) is 3.66. The third-order valence-corrected chi connectivity index (χ3v) is 8.73. The van der Waals surface area contributed by atoms with Gasteiger partial charge in [-0.25, -0.2) is 0 Å². The number of ketones is 1. The Morgan fingerprint density at radius 3 is 2.35 bits per heavy atom. The Morgan fingerprint density at radius 2 is 1.65 bits per heavy atom. The molecule has 4 bridgehead atoms. The number of rotatable bonds is 4. The second kappa shape index (κ2) is 8.04. The van der Waals surface area contributed by atoms with Crippen molar-refractivity contribution in [2.24, 2.45) is 11.8 Å². The number of Topliss-reactive ketones (excluding diaryl/α,β-unsaturated/α-hetero) is 1. The standard InChI is InChI=1S/C27H36N2O2/c1-18(30)9-21-15-28(27-8-3-2-7-26(21)27)22-13-24-16-31-17-25(14-22)29(24)23-11-19-5-4-6-20(10-19)12-23/h2-3,7-8,15,19-20,22-25H,4-6,9-14,16-17H2,1H3/t19-,20+,22-,23+,24-,25+. The summed E-state index contributed by atoms with van der Waals surface area (Å²) in [4.78, 5) is 14.8. The van der Waals surface area contributed by atoms with E-state index in [0.717, 1.165) is 31.1 Å². The van der Waals surface area contributed by atoms with Gasteiger partial charge in [-0.15, -0.1) is 0 Å². The molecule has 2 aliphatic heterocycles. The second-order valence-electron chi connectivity index (χ2n) is 10.9. The lowest BCUT2D eigenvalue weighted by Crippen LogP contribution is -2.61. The predicted octanol–water partition coefficient (Wildman–Crippen LogP) is 5.15. The fourth-order valence-corrected chi connectivity index (χ4v) is 7.67. The number of carbonyl (C=O) groups is 1. The minimum atomic E-state index is 0.242. The van der Waals surface area contributed by atoms with Gasteiger partial charge in [-0.2, -0.15) is 0 Å². The smallest absolute Gasteiger partial charge is 0.134 e. The molecular formula is C27H36N2O2. The van der Waals surface area contributed by atoms with Gasteiger partial charge in [0.05, 0.1) is 13.2 Å². The molecule has 1 aromatic heterocycles. The fraction of sp³-hybridized carbons (Fsp3) is 0.667. The van der Waals surface area contributed by atoms with Crippen molar-refractivity contribution in [1.82, 2.24) is 9.47 Å². The van der Waals surface area contributed by atoms with Crippen LogP contribution in [0.4, 0.5) is 0 Å². The van der Waals surface area contributed by atoms with E-state index in [4.69, 9.17) is 4.74 Å². The Kier molecular flexibility index (Phi) is 5.19. The van der Waals surface area contributed by atoms with Crippen molar-refractivity contribution in [2.75, 3.05) is 13.2 Å². The molecule has 31 heavy (non-hydrogen) atoms. The first-order chi connectivity index (χ1) is 15.2. The normalized spacial score (nSPS) is 35.9. The molecule has 0 unspecified atom stereocenters. The van der Waals surface area contributed by atoms with E-state index in [1.54, 1.807) is 6.92 Å². The van der Waals surface area contributed by atoms with Crippen LogP contribution in [0.15, 0.2) is 30.5 Å². The lowest BCUT2D eigenvalue weighted by molar-refractivity contribution is -0.118. The summed E-state index contributed by atoms with van der Waals surface area (Å²) in [5.41, 5.74) is 2.48. The number of nitrogens with zero attached hydrogens (tertiary/aromatic N) is 2. The van der Waals surface area contributed by atoms with E-state index in [1.807, 2.05) is 0 Å². The van der Waals surface area contributed by atoms with Crippen molar-refractivity contribution in [2.45, 2.75) is 88.9 Å². The highest BCUT2D eigenvalue weighted by atomic mass is 16.5. The monoisotopic (exact) mass is 420 g/mol. The van der Waals surface area contributed by atoms with Gasteiger partial charge in [0.2, 0.25) is 0 Å². The van der Waals surface area contributed by atoms with Crippen LogP contribution in [-0.4, -0.2) is 46.6 Å². The van der Waals surface area contributed by atoms with Crippen LogP contribution in [0.3, 0.4) is 0 Å². The van der Waals surface area contributed by atoms with Gasteiger partial charge in [0.25, 0.3) is 0 Å². The predicted molar refractivity (Wildman–Crippen MR) is 123 cm³/mol. The summed E-state index contributed by atoms with van der Waals surface area (Å²) in [6, 6.07) is 11.0. The number of morpholine rings is 1. The Morgan fingerprint density at radius 1 is 0.935 bits per heavy atom. The Bertz CT molecular complexity index is 939. The van der Waals surface area contributed by atoms with Crippen LogP contribution in [-0.2, 0) is 16.0 Å². The summed E-state index contributed by atoms with van der Waals surface area (Å²) in [6.45, 7) is 3.47. The lowest BCUT2D eigenvalue weighted by atomic mass is 9.69. The molecular weight excluding hydrogens is 384 g/mol. The maximum absolute atomic E-state index is 11.9. The first-order valence-corrected chi connectivity index (χ1v) is 12.6. The van der Waals surface area contributed by atoms with Crippen LogP contribution in [0.1, 0.15) is 69.9 Å². The van der Waals surface area contributed by atoms with E-state index >= 15 is 0 Å². The molecule has 4 fully saturated rings. The Labute approximate surface area is 185 Å². The minimum absolute atomic E-state index is 0.242. The summed E-state index contributed by atoms with van der Waals surface area (Å²) in [5, 5.41) is 1.25. The van der Waals surface area contributed by atoms with Crippen LogP contribution in [0, 0.1) is 11.8 Å². The zero-order valence-corrected chi connectivity index (χ0v) is 18.8. The molecule has 4 nitrogen and oxygen atoms in total. The molecule has 6 atom stereocenters. The van der Waals surface area contributed by atoms with Crippen molar-refractivity contribution >= 4 is 16.7 Å². The average Bonchev–Trinajstić information content (AvgIpc) is 3.10. The summed E-state index contributed by atoms with van der Waals surface area (Å²) in [7, 11) is 0. The van der Waals surface area contributed by atoms with E-state index in [-0.39, 0.29) is 5.78 Å². The van der Waals surface area contributed by atoms with Gasteiger partial charge in [0.1, 0.15) is 5.78 Å². The number of fused-ring (bicyclic) bond motifs is 5. The molecule has 4 aliphatic rings. The molecule has 2 saturated heterocycles.